The Hall–Kier alpha value is -2.13. The first kappa shape index (κ1) is 15.4. The van der Waals surface area contributed by atoms with Crippen molar-refractivity contribution >= 4 is 11.0 Å². The summed E-state index contributed by atoms with van der Waals surface area (Å²) in [5.41, 5.74) is 7.56. The molecule has 1 aliphatic heterocycles. The number of aryl methyl sites for hydroxylation is 3. The number of hydrogen-bond donors (Lipinski definition) is 1. The summed E-state index contributed by atoms with van der Waals surface area (Å²) >= 11 is 0. The predicted octanol–water partition coefficient (Wildman–Crippen LogP) is 4.55. The Balaban J connectivity index is 1.97. The van der Waals surface area contributed by atoms with Crippen LogP contribution in [0.15, 0.2) is 36.4 Å². The summed E-state index contributed by atoms with van der Waals surface area (Å²) in [6.45, 7) is 8.69. The Kier molecular flexibility index (Phi) is 3.89. The van der Waals surface area contributed by atoms with Gasteiger partial charge in [0.25, 0.3) is 0 Å². The van der Waals surface area contributed by atoms with Crippen LogP contribution < -0.4 is 5.32 Å². The number of nitrogens with one attached hydrogen (secondary N) is 1. The van der Waals surface area contributed by atoms with Crippen molar-refractivity contribution < 1.29 is 0 Å². The molecule has 0 aliphatic carbocycles. The standard InChI is InChI=1S/C21H25N3/c1-14-5-4-6-17(11-14)21-23-19-12-15(2)16(3)13-20(19)24(21)18-7-9-22-10-8-18/h4-6,11-13,18,22H,7-10H2,1-3H3. The second-order valence-corrected chi connectivity index (χ2v) is 7.08. The fourth-order valence-corrected chi connectivity index (χ4v) is 3.77. The van der Waals surface area contributed by atoms with Crippen molar-refractivity contribution in [3.05, 3.63) is 53.1 Å². The smallest absolute Gasteiger partial charge is 0.141 e. The van der Waals surface area contributed by atoms with Gasteiger partial charge in [-0.15, -0.1) is 0 Å². The van der Waals surface area contributed by atoms with Crippen molar-refractivity contribution in [3.8, 4) is 11.4 Å². The molecule has 4 rings (SSSR count). The van der Waals surface area contributed by atoms with Crippen LogP contribution in [0, 0.1) is 20.8 Å². The average molecular weight is 319 g/mol. The Morgan fingerprint density at radius 1 is 1.00 bits per heavy atom. The van der Waals surface area contributed by atoms with Crippen LogP contribution >= 0.6 is 0 Å². The molecule has 0 amide bonds. The van der Waals surface area contributed by atoms with Crippen molar-refractivity contribution in [2.75, 3.05) is 13.1 Å². The third-order valence-electron chi connectivity index (χ3n) is 5.26. The lowest BCUT2D eigenvalue weighted by Gasteiger charge is -2.26. The Morgan fingerprint density at radius 2 is 1.75 bits per heavy atom. The first-order chi connectivity index (χ1) is 11.6. The number of nitrogens with zero attached hydrogens (tertiary/aromatic N) is 2. The van der Waals surface area contributed by atoms with E-state index in [4.69, 9.17) is 4.98 Å². The van der Waals surface area contributed by atoms with Crippen LogP contribution in [-0.4, -0.2) is 22.6 Å². The van der Waals surface area contributed by atoms with E-state index in [9.17, 15) is 0 Å². The van der Waals surface area contributed by atoms with Crippen LogP contribution in [-0.2, 0) is 0 Å². The zero-order valence-corrected chi connectivity index (χ0v) is 14.8. The van der Waals surface area contributed by atoms with Gasteiger partial charge in [0.15, 0.2) is 0 Å². The van der Waals surface area contributed by atoms with Gasteiger partial charge in [0.05, 0.1) is 11.0 Å². The quantitative estimate of drug-likeness (QED) is 0.751. The lowest BCUT2D eigenvalue weighted by atomic mass is 10.0. The van der Waals surface area contributed by atoms with E-state index in [0.29, 0.717) is 6.04 Å². The van der Waals surface area contributed by atoms with Gasteiger partial charge in [-0.25, -0.2) is 4.98 Å². The molecule has 1 N–H and O–H groups in total. The van der Waals surface area contributed by atoms with E-state index in [1.807, 2.05) is 0 Å². The molecule has 124 valence electrons. The molecule has 1 saturated heterocycles. The van der Waals surface area contributed by atoms with Gasteiger partial charge >= 0.3 is 0 Å². The van der Waals surface area contributed by atoms with Crippen LogP contribution in [0.2, 0.25) is 0 Å². The van der Waals surface area contributed by atoms with E-state index in [-0.39, 0.29) is 0 Å². The molecule has 0 bridgehead atoms. The molecular formula is C21H25N3. The molecule has 0 radical (unpaired) electrons. The van der Waals surface area contributed by atoms with Crippen LogP contribution in [0.5, 0.6) is 0 Å². The minimum Gasteiger partial charge on any atom is -0.321 e. The molecule has 1 aliphatic rings. The Bertz CT molecular complexity index is 885. The van der Waals surface area contributed by atoms with E-state index in [2.05, 4.69) is 67.1 Å². The number of benzene rings is 2. The molecule has 24 heavy (non-hydrogen) atoms. The molecule has 2 aromatic carbocycles. The van der Waals surface area contributed by atoms with Crippen LogP contribution in [0.3, 0.4) is 0 Å². The summed E-state index contributed by atoms with van der Waals surface area (Å²) in [4.78, 5) is 5.04. The minimum atomic E-state index is 0.522. The van der Waals surface area contributed by atoms with E-state index in [0.717, 1.165) is 37.3 Å². The van der Waals surface area contributed by atoms with Crippen LogP contribution in [0.4, 0.5) is 0 Å². The van der Waals surface area contributed by atoms with Crippen LogP contribution in [0.1, 0.15) is 35.6 Å². The van der Waals surface area contributed by atoms with E-state index in [1.54, 1.807) is 0 Å². The van der Waals surface area contributed by atoms with Gasteiger partial charge < -0.3 is 9.88 Å². The Labute approximate surface area is 143 Å². The monoisotopic (exact) mass is 319 g/mol. The summed E-state index contributed by atoms with van der Waals surface area (Å²) in [5, 5.41) is 3.48. The van der Waals surface area contributed by atoms with Gasteiger partial charge in [-0.2, -0.15) is 0 Å². The second kappa shape index (κ2) is 6.06. The number of aromatic nitrogens is 2. The molecule has 0 atom stereocenters. The van der Waals surface area contributed by atoms with Gasteiger partial charge in [-0.3, -0.25) is 0 Å². The molecule has 3 nitrogen and oxygen atoms in total. The first-order valence-corrected chi connectivity index (χ1v) is 8.90. The number of piperidine rings is 1. The second-order valence-electron chi connectivity index (χ2n) is 7.08. The van der Waals surface area contributed by atoms with Crippen molar-refractivity contribution in [1.29, 1.82) is 0 Å². The maximum atomic E-state index is 5.04. The summed E-state index contributed by atoms with van der Waals surface area (Å²) in [7, 11) is 0. The fourth-order valence-electron chi connectivity index (χ4n) is 3.77. The highest BCUT2D eigenvalue weighted by molar-refractivity contribution is 5.82. The highest BCUT2D eigenvalue weighted by Gasteiger charge is 2.22. The molecule has 3 aromatic rings. The number of fused-ring (bicyclic) bond motifs is 1. The molecule has 1 fully saturated rings. The van der Waals surface area contributed by atoms with Crippen molar-refractivity contribution in [3.63, 3.8) is 0 Å². The fraction of sp³-hybridized carbons (Fsp3) is 0.381. The summed E-state index contributed by atoms with van der Waals surface area (Å²) < 4.78 is 2.50. The topological polar surface area (TPSA) is 29.9 Å². The minimum absolute atomic E-state index is 0.522. The normalized spacial score (nSPS) is 16.0. The highest BCUT2D eigenvalue weighted by Crippen LogP contribution is 2.33. The van der Waals surface area contributed by atoms with Gasteiger partial charge in [0, 0.05) is 11.6 Å². The lowest BCUT2D eigenvalue weighted by Crippen LogP contribution is -2.29. The number of imidazole rings is 1. The highest BCUT2D eigenvalue weighted by atomic mass is 15.1. The van der Waals surface area contributed by atoms with Gasteiger partial charge in [0.1, 0.15) is 5.82 Å². The van der Waals surface area contributed by atoms with Crippen molar-refractivity contribution in [1.82, 2.24) is 14.9 Å². The molecule has 3 heteroatoms. The maximum Gasteiger partial charge on any atom is 0.141 e. The van der Waals surface area contributed by atoms with E-state index < -0.39 is 0 Å². The van der Waals surface area contributed by atoms with Gasteiger partial charge in [-0.1, -0.05) is 23.8 Å². The molecular weight excluding hydrogens is 294 g/mol. The molecule has 1 aromatic heterocycles. The summed E-state index contributed by atoms with van der Waals surface area (Å²) in [6.07, 6.45) is 2.33. The van der Waals surface area contributed by atoms with Gasteiger partial charge in [-0.05, 0) is 76.0 Å². The Morgan fingerprint density at radius 3 is 2.50 bits per heavy atom. The summed E-state index contributed by atoms with van der Waals surface area (Å²) in [5.74, 6) is 1.12. The van der Waals surface area contributed by atoms with Crippen molar-refractivity contribution in [2.24, 2.45) is 0 Å². The molecule has 2 heterocycles. The number of rotatable bonds is 2. The first-order valence-electron chi connectivity index (χ1n) is 8.90. The largest absolute Gasteiger partial charge is 0.321 e. The third kappa shape index (κ3) is 2.63. The molecule has 0 spiro atoms. The predicted molar refractivity (Wildman–Crippen MR) is 101 cm³/mol. The third-order valence-corrected chi connectivity index (χ3v) is 5.26. The summed E-state index contributed by atoms with van der Waals surface area (Å²) in [6, 6.07) is 13.8. The zero-order valence-electron chi connectivity index (χ0n) is 14.8. The van der Waals surface area contributed by atoms with Crippen LogP contribution in [0.25, 0.3) is 22.4 Å². The molecule has 0 saturated carbocycles. The van der Waals surface area contributed by atoms with E-state index >= 15 is 0 Å². The lowest BCUT2D eigenvalue weighted by molar-refractivity contribution is 0.377. The van der Waals surface area contributed by atoms with Gasteiger partial charge in [0.2, 0.25) is 0 Å². The average Bonchev–Trinajstić information content (AvgIpc) is 2.94. The zero-order chi connectivity index (χ0) is 16.7. The van der Waals surface area contributed by atoms with Crippen molar-refractivity contribution in [2.45, 2.75) is 39.7 Å². The SMILES string of the molecule is Cc1cccc(-c2nc3cc(C)c(C)cc3n2C2CCNCC2)c1. The number of hydrogen-bond acceptors (Lipinski definition) is 2. The maximum absolute atomic E-state index is 5.04. The molecule has 0 unspecified atom stereocenters. The van der Waals surface area contributed by atoms with E-state index in [1.165, 1.54) is 27.8 Å².